The standard InChI is InChI=1S/C13H17N5S/c1-10(2)14-7-12-3-4-15-18(12)9-11-8-17-5-6-19-13(17)16-11/h3-6,8,10,14H,7,9H2,1-2H3. The van der Waals surface area contributed by atoms with Crippen LogP contribution in [0.3, 0.4) is 0 Å². The van der Waals surface area contributed by atoms with Crippen LogP contribution >= 0.6 is 11.3 Å². The molecule has 0 aliphatic rings. The van der Waals surface area contributed by atoms with Crippen LogP contribution in [0.15, 0.2) is 30.0 Å². The van der Waals surface area contributed by atoms with Crippen LogP contribution in [0.1, 0.15) is 25.2 Å². The molecule has 0 spiro atoms. The van der Waals surface area contributed by atoms with Gasteiger partial charge < -0.3 is 5.32 Å². The van der Waals surface area contributed by atoms with E-state index in [4.69, 9.17) is 0 Å². The summed E-state index contributed by atoms with van der Waals surface area (Å²) in [7, 11) is 0. The fraction of sp³-hybridized carbons (Fsp3) is 0.385. The van der Waals surface area contributed by atoms with Crippen LogP contribution in [0.25, 0.3) is 4.96 Å². The molecule has 3 rings (SSSR count). The minimum Gasteiger partial charge on any atom is -0.309 e. The van der Waals surface area contributed by atoms with Gasteiger partial charge in [0.2, 0.25) is 0 Å². The first-order valence-corrected chi connectivity index (χ1v) is 7.25. The van der Waals surface area contributed by atoms with Crippen molar-refractivity contribution in [3.05, 3.63) is 41.4 Å². The minimum absolute atomic E-state index is 0.473. The van der Waals surface area contributed by atoms with Crippen molar-refractivity contribution in [3.8, 4) is 0 Å². The highest BCUT2D eigenvalue weighted by Gasteiger charge is 2.07. The van der Waals surface area contributed by atoms with Crippen LogP contribution in [0, 0.1) is 0 Å². The average molecular weight is 275 g/mol. The van der Waals surface area contributed by atoms with Gasteiger partial charge in [0, 0.05) is 36.6 Å². The number of thiazole rings is 1. The molecule has 0 aliphatic carbocycles. The van der Waals surface area contributed by atoms with Gasteiger partial charge in [-0.25, -0.2) is 4.98 Å². The monoisotopic (exact) mass is 275 g/mol. The summed E-state index contributed by atoms with van der Waals surface area (Å²) in [4.78, 5) is 5.62. The van der Waals surface area contributed by atoms with E-state index in [-0.39, 0.29) is 0 Å². The number of nitrogens with zero attached hydrogens (tertiary/aromatic N) is 4. The van der Waals surface area contributed by atoms with E-state index in [0.717, 1.165) is 23.7 Å². The molecule has 19 heavy (non-hydrogen) atoms. The van der Waals surface area contributed by atoms with E-state index in [1.165, 1.54) is 5.69 Å². The van der Waals surface area contributed by atoms with Crippen molar-refractivity contribution in [2.45, 2.75) is 33.0 Å². The lowest BCUT2D eigenvalue weighted by Crippen LogP contribution is -2.23. The molecule has 0 radical (unpaired) electrons. The quantitative estimate of drug-likeness (QED) is 0.776. The zero-order valence-electron chi connectivity index (χ0n) is 11.1. The third kappa shape index (κ3) is 2.69. The summed E-state index contributed by atoms with van der Waals surface area (Å²) in [5, 5.41) is 9.83. The summed E-state index contributed by atoms with van der Waals surface area (Å²) in [5.74, 6) is 0. The average Bonchev–Trinajstić information content (AvgIpc) is 3.02. The maximum Gasteiger partial charge on any atom is 0.193 e. The van der Waals surface area contributed by atoms with Crippen molar-refractivity contribution in [3.63, 3.8) is 0 Å². The van der Waals surface area contributed by atoms with Gasteiger partial charge in [-0.05, 0) is 6.07 Å². The molecule has 0 saturated heterocycles. The largest absolute Gasteiger partial charge is 0.309 e. The number of hydrogen-bond donors (Lipinski definition) is 1. The van der Waals surface area contributed by atoms with E-state index in [0.29, 0.717) is 6.04 Å². The van der Waals surface area contributed by atoms with Crippen molar-refractivity contribution >= 4 is 16.3 Å². The smallest absolute Gasteiger partial charge is 0.193 e. The molecular formula is C13H17N5S. The minimum atomic E-state index is 0.473. The summed E-state index contributed by atoms with van der Waals surface area (Å²) in [6, 6.07) is 2.52. The first-order chi connectivity index (χ1) is 9.22. The Morgan fingerprint density at radius 1 is 1.42 bits per heavy atom. The second-order valence-electron chi connectivity index (χ2n) is 4.84. The Labute approximate surface area is 115 Å². The van der Waals surface area contributed by atoms with Crippen molar-refractivity contribution in [1.29, 1.82) is 0 Å². The number of hydrogen-bond acceptors (Lipinski definition) is 4. The van der Waals surface area contributed by atoms with Gasteiger partial charge in [0.05, 0.1) is 17.9 Å². The van der Waals surface area contributed by atoms with Crippen molar-refractivity contribution in [1.82, 2.24) is 24.5 Å². The zero-order valence-corrected chi connectivity index (χ0v) is 11.9. The number of rotatable bonds is 5. The molecule has 3 heterocycles. The van der Waals surface area contributed by atoms with E-state index < -0.39 is 0 Å². The number of fused-ring (bicyclic) bond motifs is 1. The van der Waals surface area contributed by atoms with Crippen molar-refractivity contribution in [2.75, 3.05) is 0 Å². The fourth-order valence-corrected chi connectivity index (χ4v) is 2.69. The molecule has 3 aromatic heterocycles. The lowest BCUT2D eigenvalue weighted by atomic mass is 10.3. The predicted octanol–water partition coefficient (Wildman–Crippen LogP) is 2.14. The normalized spacial score (nSPS) is 11.7. The van der Waals surface area contributed by atoms with Gasteiger partial charge in [-0.3, -0.25) is 9.08 Å². The summed E-state index contributed by atoms with van der Waals surface area (Å²) < 4.78 is 4.05. The lowest BCUT2D eigenvalue weighted by molar-refractivity contribution is 0.545. The number of imidazole rings is 1. The number of nitrogens with one attached hydrogen (secondary N) is 1. The molecule has 0 amide bonds. The Hall–Kier alpha value is -1.66. The van der Waals surface area contributed by atoms with E-state index in [2.05, 4.69) is 39.8 Å². The maximum atomic E-state index is 4.58. The molecule has 0 saturated carbocycles. The second kappa shape index (κ2) is 5.14. The topological polar surface area (TPSA) is 47.2 Å². The lowest BCUT2D eigenvalue weighted by Gasteiger charge is -2.09. The molecule has 0 aromatic carbocycles. The van der Waals surface area contributed by atoms with Crippen LogP contribution in [-0.4, -0.2) is 25.2 Å². The highest BCUT2D eigenvalue weighted by Crippen LogP contribution is 2.12. The summed E-state index contributed by atoms with van der Waals surface area (Å²) in [5.41, 5.74) is 2.23. The van der Waals surface area contributed by atoms with Crippen LogP contribution in [0.4, 0.5) is 0 Å². The first-order valence-electron chi connectivity index (χ1n) is 6.37. The summed E-state index contributed by atoms with van der Waals surface area (Å²) >= 11 is 1.65. The van der Waals surface area contributed by atoms with Crippen LogP contribution in [-0.2, 0) is 13.1 Å². The Kier molecular flexibility index (Phi) is 3.35. The van der Waals surface area contributed by atoms with Crippen LogP contribution < -0.4 is 5.32 Å². The van der Waals surface area contributed by atoms with Crippen LogP contribution in [0.2, 0.25) is 0 Å². The van der Waals surface area contributed by atoms with Gasteiger partial charge >= 0.3 is 0 Å². The maximum absolute atomic E-state index is 4.58. The molecule has 0 bridgehead atoms. The molecule has 3 aromatic rings. The Morgan fingerprint density at radius 3 is 3.11 bits per heavy atom. The van der Waals surface area contributed by atoms with Crippen molar-refractivity contribution in [2.24, 2.45) is 0 Å². The van der Waals surface area contributed by atoms with Gasteiger partial charge in [-0.15, -0.1) is 11.3 Å². The Balaban J connectivity index is 1.75. The molecule has 0 fully saturated rings. The van der Waals surface area contributed by atoms with E-state index in [9.17, 15) is 0 Å². The number of aromatic nitrogens is 4. The highest BCUT2D eigenvalue weighted by molar-refractivity contribution is 7.15. The Morgan fingerprint density at radius 2 is 2.32 bits per heavy atom. The van der Waals surface area contributed by atoms with Gasteiger partial charge in [0.1, 0.15) is 0 Å². The SMILES string of the molecule is CC(C)NCc1ccnn1Cc1cn2ccsc2n1. The molecule has 1 N–H and O–H groups in total. The molecule has 6 heteroatoms. The molecule has 0 unspecified atom stereocenters. The Bertz CT molecular complexity index is 635. The second-order valence-corrected chi connectivity index (χ2v) is 5.71. The molecule has 0 atom stereocenters. The van der Waals surface area contributed by atoms with Gasteiger partial charge in [0.25, 0.3) is 0 Å². The zero-order chi connectivity index (χ0) is 13.2. The van der Waals surface area contributed by atoms with E-state index in [1.54, 1.807) is 11.3 Å². The van der Waals surface area contributed by atoms with Gasteiger partial charge in [-0.2, -0.15) is 5.10 Å². The fourth-order valence-electron chi connectivity index (χ4n) is 1.97. The summed E-state index contributed by atoms with van der Waals surface area (Å²) in [6.07, 6.45) is 5.93. The van der Waals surface area contributed by atoms with Gasteiger partial charge in [0.15, 0.2) is 4.96 Å². The third-order valence-corrected chi connectivity index (χ3v) is 3.72. The molecule has 0 aliphatic heterocycles. The molecule has 5 nitrogen and oxygen atoms in total. The van der Waals surface area contributed by atoms with E-state index in [1.807, 2.05) is 28.5 Å². The van der Waals surface area contributed by atoms with Gasteiger partial charge in [-0.1, -0.05) is 13.8 Å². The first kappa shape index (κ1) is 12.4. The third-order valence-electron chi connectivity index (χ3n) is 2.95. The van der Waals surface area contributed by atoms with Crippen molar-refractivity contribution < 1.29 is 0 Å². The summed E-state index contributed by atoms with van der Waals surface area (Å²) in [6.45, 7) is 5.84. The van der Waals surface area contributed by atoms with E-state index >= 15 is 0 Å². The predicted molar refractivity (Wildman–Crippen MR) is 76.4 cm³/mol. The molecule has 100 valence electrons. The highest BCUT2D eigenvalue weighted by atomic mass is 32.1. The molecular weight excluding hydrogens is 258 g/mol. The van der Waals surface area contributed by atoms with Crippen LogP contribution in [0.5, 0.6) is 0 Å².